The molecule has 144 valence electrons. The van der Waals surface area contributed by atoms with Crippen molar-refractivity contribution in [1.29, 1.82) is 0 Å². The Morgan fingerprint density at radius 2 is 2.00 bits per heavy atom. The first-order valence-electron chi connectivity index (χ1n) is 8.62. The molecule has 1 amide bonds. The first-order valence-corrected chi connectivity index (χ1v) is 10.1. The first kappa shape index (κ1) is 19.3. The fourth-order valence-corrected chi connectivity index (χ4v) is 4.10. The summed E-state index contributed by atoms with van der Waals surface area (Å²) >= 11 is 0. The molecule has 0 aromatic heterocycles. The van der Waals surface area contributed by atoms with Gasteiger partial charge >= 0.3 is 0 Å². The predicted molar refractivity (Wildman–Crippen MR) is 99.7 cm³/mol. The first-order chi connectivity index (χ1) is 12.9. The zero-order valence-electron chi connectivity index (χ0n) is 14.9. The summed E-state index contributed by atoms with van der Waals surface area (Å²) in [5.74, 6) is -0.804. The molecule has 1 N–H and O–H groups in total. The van der Waals surface area contributed by atoms with Crippen LogP contribution in [0.4, 0.5) is 10.1 Å². The van der Waals surface area contributed by atoms with Crippen LogP contribution in [0.5, 0.6) is 0 Å². The number of rotatable bonds is 6. The Hall–Kier alpha value is -2.45. The Bertz CT molecular complexity index is 910. The minimum absolute atomic E-state index is 0.00507. The summed E-state index contributed by atoms with van der Waals surface area (Å²) in [6.45, 7) is 1.09. The fourth-order valence-electron chi connectivity index (χ4n) is 2.86. The smallest absolute Gasteiger partial charge is 0.264 e. The van der Waals surface area contributed by atoms with Crippen molar-refractivity contribution >= 4 is 21.6 Å². The van der Waals surface area contributed by atoms with Crippen molar-refractivity contribution in [2.75, 3.05) is 24.5 Å². The highest BCUT2D eigenvalue weighted by molar-refractivity contribution is 7.92. The fraction of sp³-hybridized carbons (Fsp3) is 0.316. The van der Waals surface area contributed by atoms with Crippen molar-refractivity contribution in [2.24, 2.45) is 0 Å². The number of anilines is 1. The van der Waals surface area contributed by atoms with Crippen LogP contribution in [-0.2, 0) is 14.8 Å². The second-order valence-electron chi connectivity index (χ2n) is 6.32. The Kier molecular flexibility index (Phi) is 5.76. The SMILES string of the molecule is CN(c1ccc(F)cc1)S(=O)(=O)c1cccc(C(=O)NCC2CCCO2)c1. The molecule has 1 atom stereocenters. The van der Waals surface area contributed by atoms with E-state index in [4.69, 9.17) is 4.74 Å². The molecule has 1 unspecified atom stereocenters. The zero-order valence-corrected chi connectivity index (χ0v) is 15.7. The van der Waals surface area contributed by atoms with Crippen LogP contribution in [0.25, 0.3) is 0 Å². The number of halogens is 1. The summed E-state index contributed by atoms with van der Waals surface area (Å²) in [6.07, 6.45) is 1.88. The number of ether oxygens (including phenoxy) is 1. The molecule has 1 saturated heterocycles. The maximum atomic E-state index is 13.1. The van der Waals surface area contributed by atoms with E-state index in [2.05, 4.69) is 5.32 Å². The molecule has 6 nitrogen and oxygen atoms in total. The molecule has 1 heterocycles. The van der Waals surface area contributed by atoms with E-state index in [0.29, 0.717) is 18.8 Å². The van der Waals surface area contributed by atoms with E-state index >= 15 is 0 Å². The molecule has 1 fully saturated rings. The van der Waals surface area contributed by atoms with E-state index in [1.807, 2.05) is 0 Å². The molecule has 0 spiro atoms. The van der Waals surface area contributed by atoms with E-state index < -0.39 is 15.8 Å². The van der Waals surface area contributed by atoms with Gasteiger partial charge in [-0.05, 0) is 55.3 Å². The molecule has 3 rings (SSSR count). The summed E-state index contributed by atoms with van der Waals surface area (Å²) in [6, 6.07) is 11.0. The van der Waals surface area contributed by atoms with Gasteiger partial charge < -0.3 is 10.1 Å². The van der Waals surface area contributed by atoms with Gasteiger partial charge in [0.05, 0.1) is 16.7 Å². The van der Waals surface area contributed by atoms with Crippen molar-refractivity contribution in [2.45, 2.75) is 23.8 Å². The topological polar surface area (TPSA) is 75.7 Å². The van der Waals surface area contributed by atoms with Crippen molar-refractivity contribution in [1.82, 2.24) is 5.32 Å². The largest absolute Gasteiger partial charge is 0.376 e. The number of carbonyl (C=O) groups excluding carboxylic acids is 1. The number of hydrogen-bond acceptors (Lipinski definition) is 4. The van der Waals surface area contributed by atoms with Crippen molar-refractivity contribution in [3.63, 3.8) is 0 Å². The number of hydrogen-bond donors (Lipinski definition) is 1. The molecule has 2 aromatic rings. The van der Waals surface area contributed by atoms with Gasteiger partial charge in [-0.15, -0.1) is 0 Å². The Morgan fingerprint density at radius 3 is 2.67 bits per heavy atom. The van der Waals surface area contributed by atoms with Crippen LogP contribution in [0.3, 0.4) is 0 Å². The number of nitrogens with zero attached hydrogens (tertiary/aromatic N) is 1. The average molecular weight is 392 g/mol. The number of benzene rings is 2. The van der Waals surface area contributed by atoms with E-state index in [1.165, 1.54) is 49.5 Å². The summed E-state index contributed by atoms with van der Waals surface area (Å²) in [7, 11) is -2.50. The maximum Gasteiger partial charge on any atom is 0.264 e. The van der Waals surface area contributed by atoms with E-state index in [-0.39, 0.29) is 22.5 Å². The lowest BCUT2D eigenvalue weighted by Crippen LogP contribution is -2.32. The van der Waals surface area contributed by atoms with Gasteiger partial charge in [-0.25, -0.2) is 12.8 Å². The number of amides is 1. The van der Waals surface area contributed by atoms with Gasteiger partial charge in [0.25, 0.3) is 15.9 Å². The Labute approximate surface area is 158 Å². The molecule has 2 aromatic carbocycles. The van der Waals surface area contributed by atoms with E-state index in [9.17, 15) is 17.6 Å². The minimum atomic E-state index is -3.89. The Balaban J connectivity index is 1.76. The molecule has 0 saturated carbocycles. The highest BCUT2D eigenvalue weighted by Gasteiger charge is 2.23. The van der Waals surface area contributed by atoms with E-state index in [1.54, 1.807) is 6.07 Å². The van der Waals surface area contributed by atoms with Gasteiger partial charge in [-0.3, -0.25) is 9.10 Å². The minimum Gasteiger partial charge on any atom is -0.376 e. The van der Waals surface area contributed by atoms with Crippen molar-refractivity contribution < 1.29 is 22.3 Å². The van der Waals surface area contributed by atoms with Crippen LogP contribution < -0.4 is 9.62 Å². The molecular weight excluding hydrogens is 371 g/mol. The molecule has 0 aliphatic carbocycles. The van der Waals surface area contributed by atoms with Crippen LogP contribution in [-0.4, -0.2) is 40.6 Å². The van der Waals surface area contributed by atoms with Crippen LogP contribution in [0.15, 0.2) is 53.4 Å². The van der Waals surface area contributed by atoms with Gasteiger partial charge in [0.15, 0.2) is 0 Å². The molecule has 27 heavy (non-hydrogen) atoms. The summed E-state index contributed by atoms with van der Waals surface area (Å²) in [5.41, 5.74) is 0.575. The lowest BCUT2D eigenvalue weighted by molar-refractivity contribution is 0.0857. The van der Waals surface area contributed by atoms with Crippen LogP contribution in [0.2, 0.25) is 0 Å². The van der Waals surface area contributed by atoms with Gasteiger partial charge in [-0.1, -0.05) is 6.07 Å². The van der Waals surface area contributed by atoms with Crippen molar-refractivity contribution in [3.8, 4) is 0 Å². The zero-order chi connectivity index (χ0) is 19.4. The van der Waals surface area contributed by atoms with Crippen molar-refractivity contribution in [3.05, 3.63) is 59.9 Å². The second-order valence-corrected chi connectivity index (χ2v) is 8.29. The van der Waals surface area contributed by atoms with Crippen LogP contribution in [0, 0.1) is 5.82 Å². The number of nitrogens with one attached hydrogen (secondary N) is 1. The Morgan fingerprint density at radius 1 is 1.26 bits per heavy atom. The van der Waals surface area contributed by atoms with Gasteiger partial charge in [0.2, 0.25) is 0 Å². The van der Waals surface area contributed by atoms with Crippen LogP contribution >= 0.6 is 0 Å². The highest BCUT2D eigenvalue weighted by atomic mass is 32.2. The van der Waals surface area contributed by atoms with Gasteiger partial charge in [0.1, 0.15) is 5.82 Å². The van der Waals surface area contributed by atoms with Crippen LogP contribution in [0.1, 0.15) is 23.2 Å². The second kappa shape index (κ2) is 8.06. The van der Waals surface area contributed by atoms with E-state index in [0.717, 1.165) is 17.1 Å². The molecule has 1 aliphatic rings. The monoisotopic (exact) mass is 392 g/mol. The van der Waals surface area contributed by atoms with Gasteiger partial charge in [0, 0.05) is 25.8 Å². The third-order valence-corrected chi connectivity index (χ3v) is 6.24. The standard InChI is InChI=1S/C19H21FN2O4S/c1-22(16-9-7-15(20)8-10-16)27(24,25)18-6-2-4-14(12-18)19(23)21-13-17-5-3-11-26-17/h2,4,6-10,12,17H,3,5,11,13H2,1H3,(H,21,23). The number of carbonyl (C=O) groups is 1. The summed E-state index contributed by atoms with van der Waals surface area (Å²) in [5, 5.41) is 2.77. The molecule has 1 aliphatic heterocycles. The average Bonchev–Trinajstić information content (AvgIpc) is 3.20. The highest BCUT2D eigenvalue weighted by Crippen LogP contribution is 2.23. The maximum absolute atomic E-state index is 13.1. The third kappa shape index (κ3) is 4.45. The normalized spacial score (nSPS) is 16.9. The third-order valence-electron chi connectivity index (χ3n) is 4.46. The summed E-state index contributed by atoms with van der Waals surface area (Å²) < 4.78 is 45.3. The lowest BCUT2D eigenvalue weighted by Gasteiger charge is -2.20. The quantitative estimate of drug-likeness (QED) is 0.820. The number of sulfonamides is 1. The predicted octanol–water partition coefficient (Wildman–Crippen LogP) is 2.56. The lowest BCUT2D eigenvalue weighted by atomic mass is 10.2. The molecule has 8 heteroatoms. The molecular formula is C19H21FN2O4S. The molecule has 0 bridgehead atoms. The molecule has 0 radical (unpaired) electrons. The van der Waals surface area contributed by atoms with Gasteiger partial charge in [-0.2, -0.15) is 0 Å². The summed E-state index contributed by atoms with van der Waals surface area (Å²) in [4.78, 5) is 12.3.